The van der Waals surface area contributed by atoms with Gasteiger partial charge in [0.2, 0.25) is 15.9 Å². The molecule has 1 aliphatic heterocycles. The molecule has 1 aromatic rings. The van der Waals surface area contributed by atoms with Crippen molar-refractivity contribution >= 4 is 21.6 Å². The molecule has 1 aliphatic rings. The van der Waals surface area contributed by atoms with Gasteiger partial charge in [-0.3, -0.25) is 9.78 Å². The SMILES string of the molecule is CCNc1ccncc1S(=O)(=O)NC1CCCNC1=O. The van der Waals surface area contributed by atoms with Crippen LogP contribution in [-0.2, 0) is 14.8 Å². The maximum atomic E-state index is 12.4. The first-order valence-corrected chi connectivity index (χ1v) is 8.01. The lowest BCUT2D eigenvalue weighted by molar-refractivity contribution is -0.124. The second kappa shape index (κ2) is 6.19. The van der Waals surface area contributed by atoms with Crippen molar-refractivity contribution in [3.8, 4) is 0 Å². The smallest absolute Gasteiger partial charge is 0.244 e. The van der Waals surface area contributed by atoms with Crippen LogP contribution in [0.25, 0.3) is 0 Å². The fraction of sp³-hybridized carbons (Fsp3) is 0.500. The largest absolute Gasteiger partial charge is 0.384 e. The number of hydrogen-bond acceptors (Lipinski definition) is 5. The zero-order valence-electron chi connectivity index (χ0n) is 11.2. The van der Waals surface area contributed by atoms with Crippen LogP contribution in [0, 0.1) is 0 Å². The first-order valence-electron chi connectivity index (χ1n) is 6.52. The van der Waals surface area contributed by atoms with Crippen LogP contribution in [0.5, 0.6) is 0 Å². The number of hydrogen-bond donors (Lipinski definition) is 3. The Morgan fingerprint density at radius 3 is 3.00 bits per heavy atom. The van der Waals surface area contributed by atoms with Crippen molar-refractivity contribution in [2.24, 2.45) is 0 Å². The molecule has 8 heteroatoms. The number of nitrogens with one attached hydrogen (secondary N) is 3. The third kappa shape index (κ3) is 3.26. The van der Waals surface area contributed by atoms with Gasteiger partial charge in [0.05, 0.1) is 5.69 Å². The summed E-state index contributed by atoms with van der Waals surface area (Å²) in [6.45, 7) is 3.06. The van der Waals surface area contributed by atoms with Gasteiger partial charge in [-0.05, 0) is 25.8 Å². The minimum atomic E-state index is -3.78. The van der Waals surface area contributed by atoms with Crippen molar-refractivity contribution in [1.82, 2.24) is 15.0 Å². The summed E-state index contributed by atoms with van der Waals surface area (Å²) in [7, 11) is -3.78. The van der Waals surface area contributed by atoms with Gasteiger partial charge >= 0.3 is 0 Å². The van der Waals surface area contributed by atoms with Gasteiger partial charge in [0.25, 0.3) is 0 Å². The normalized spacial score (nSPS) is 19.4. The molecule has 110 valence electrons. The molecule has 1 amide bonds. The minimum Gasteiger partial charge on any atom is -0.384 e. The van der Waals surface area contributed by atoms with Gasteiger partial charge in [-0.15, -0.1) is 0 Å². The Morgan fingerprint density at radius 1 is 1.50 bits per heavy atom. The quantitative estimate of drug-likeness (QED) is 0.714. The summed E-state index contributed by atoms with van der Waals surface area (Å²) in [6, 6.07) is 0.877. The third-order valence-electron chi connectivity index (χ3n) is 3.02. The number of carbonyl (C=O) groups is 1. The van der Waals surface area contributed by atoms with Crippen LogP contribution in [0.3, 0.4) is 0 Å². The van der Waals surface area contributed by atoms with Crippen molar-refractivity contribution in [1.29, 1.82) is 0 Å². The maximum absolute atomic E-state index is 12.4. The Balaban J connectivity index is 2.24. The second-order valence-electron chi connectivity index (χ2n) is 4.51. The molecule has 0 saturated carbocycles. The van der Waals surface area contributed by atoms with Crippen molar-refractivity contribution in [3.05, 3.63) is 18.5 Å². The van der Waals surface area contributed by atoms with Crippen molar-refractivity contribution in [3.63, 3.8) is 0 Å². The average Bonchev–Trinajstić information content (AvgIpc) is 2.42. The van der Waals surface area contributed by atoms with Gasteiger partial charge < -0.3 is 10.6 Å². The van der Waals surface area contributed by atoms with E-state index in [0.717, 1.165) is 6.42 Å². The van der Waals surface area contributed by atoms with Gasteiger partial charge in [-0.25, -0.2) is 8.42 Å². The van der Waals surface area contributed by atoms with Gasteiger partial charge in [-0.2, -0.15) is 4.72 Å². The molecule has 0 bridgehead atoms. The molecule has 3 N–H and O–H groups in total. The van der Waals surface area contributed by atoms with E-state index in [1.807, 2.05) is 6.92 Å². The number of amides is 1. The van der Waals surface area contributed by atoms with Crippen LogP contribution < -0.4 is 15.4 Å². The zero-order chi connectivity index (χ0) is 14.6. The summed E-state index contributed by atoms with van der Waals surface area (Å²) in [6.07, 6.45) is 4.05. The minimum absolute atomic E-state index is 0.0558. The van der Waals surface area contributed by atoms with E-state index in [1.165, 1.54) is 12.4 Å². The average molecular weight is 298 g/mol. The highest BCUT2D eigenvalue weighted by Crippen LogP contribution is 2.20. The Labute approximate surface area is 118 Å². The fourth-order valence-corrected chi connectivity index (χ4v) is 3.42. The lowest BCUT2D eigenvalue weighted by Crippen LogP contribution is -2.50. The van der Waals surface area contributed by atoms with Gasteiger partial charge in [0, 0.05) is 25.5 Å². The molecule has 7 nitrogen and oxygen atoms in total. The van der Waals surface area contributed by atoms with E-state index < -0.39 is 16.1 Å². The number of carbonyl (C=O) groups excluding carboxylic acids is 1. The molecule has 1 saturated heterocycles. The molecule has 20 heavy (non-hydrogen) atoms. The molecule has 1 atom stereocenters. The summed E-state index contributed by atoms with van der Waals surface area (Å²) in [5, 5.41) is 5.62. The first-order chi connectivity index (χ1) is 9.54. The second-order valence-corrected chi connectivity index (χ2v) is 6.19. The highest BCUT2D eigenvalue weighted by Gasteiger charge is 2.29. The Morgan fingerprint density at radius 2 is 2.30 bits per heavy atom. The monoisotopic (exact) mass is 298 g/mol. The molecule has 0 radical (unpaired) electrons. The van der Waals surface area contributed by atoms with Crippen LogP contribution in [0.2, 0.25) is 0 Å². The summed E-state index contributed by atoms with van der Waals surface area (Å²) in [5.74, 6) is -0.284. The Hall–Kier alpha value is -1.67. The van der Waals surface area contributed by atoms with Crippen LogP contribution in [0.1, 0.15) is 19.8 Å². The number of sulfonamides is 1. The van der Waals surface area contributed by atoms with E-state index in [2.05, 4.69) is 20.3 Å². The Kier molecular flexibility index (Phi) is 4.56. The lowest BCUT2D eigenvalue weighted by Gasteiger charge is -2.23. The standard InChI is InChI=1S/C12H18N4O3S/c1-2-14-9-5-7-13-8-11(9)20(18,19)16-10-4-3-6-15-12(10)17/h5,7-8,10,16H,2-4,6H2,1H3,(H,13,14)(H,15,17). The van der Waals surface area contributed by atoms with Crippen LogP contribution in [0.4, 0.5) is 5.69 Å². The number of pyridine rings is 1. The fourth-order valence-electron chi connectivity index (χ4n) is 2.07. The molecular weight excluding hydrogens is 280 g/mol. The predicted molar refractivity (Wildman–Crippen MR) is 74.8 cm³/mol. The summed E-state index contributed by atoms with van der Waals surface area (Å²) >= 11 is 0. The van der Waals surface area contributed by atoms with Crippen LogP contribution in [-0.4, -0.2) is 38.4 Å². The summed E-state index contributed by atoms with van der Waals surface area (Å²) < 4.78 is 27.2. The van der Waals surface area contributed by atoms with Gasteiger partial charge in [0.1, 0.15) is 10.9 Å². The van der Waals surface area contributed by atoms with Crippen LogP contribution >= 0.6 is 0 Å². The number of piperidine rings is 1. The molecule has 2 rings (SSSR count). The predicted octanol–water partition coefficient (Wildman–Crippen LogP) is 0.0703. The molecule has 1 aromatic heterocycles. The Bertz CT molecular complexity index is 588. The lowest BCUT2D eigenvalue weighted by atomic mass is 10.1. The zero-order valence-corrected chi connectivity index (χ0v) is 12.0. The molecule has 0 aliphatic carbocycles. The number of aromatic nitrogens is 1. The van der Waals surface area contributed by atoms with E-state index in [-0.39, 0.29) is 10.8 Å². The molecule has 1 unspecified atom stereocenters. The van der Waals surface area contributed by atoms with Crippen molar-refractivity contribution in [2.45, 2.75) is 30.7 Å². The highest BCUT2D eigenvalue weighted by molar-refractivity contribution is 7.89. The molecule has 2 heterocycles. The first kappa shape index (κ1) is 14.7. The van der Waals surface area contributed by atoms with E-state index in [9.17, 15) is 13.2 Å². The van der Waals surface area contributed by atoms with E-state index in [0.29, 0.717) is 25.2 Å². The van der Waals surface area contributed by atoms with Crippen molar-refractivity contribution in [2.75, 3.05) is 18.4 Å². The van der Waals surface area contributed by atoms with Crippen LogP contribution in [0.15, 0.2) is 23.4 Å². The van der Waals surface area contributed by atoms with E-state index in [1.54, 1.807) is 6.07 Å². The maximum Gasteiger partial charge on any atom is 0.244 e. The topological polar surface area (TPSA) is 100 Å². The van der Waals surface area contributed by atoms with Gasteiger partial charge in [0.15, 0.2) is 0 Å². The number of rotatable bonds is 5. The van der Waals surface area contributed by atoms with Crippen molar-refractivity contribution < 1.29 is 13.2 Å². The van der Waals surface area contributed by atoms with E-state index >= 15 is 0 Å². The number of anilines is 1. The molecular formula is C12H18N4O3S. The third-order valence-corrected chi connectivity index (χ3v) is 4.52. The summed E-state index contributed by atoms with van der Waals surface area (Å²) in [5.41, 5.74) is 0.478. The number of nitrogens with zero attached hydrogens (tertiary/aromatic N) is 1. The van der Waals surface area contributed by atoms with Gasteiger partial charge in [-0.1, -0.05) is 0 Å². The molecule has 0 aromatic carbocycles. The molecule has 0 spiro atoms. The highest BCUT2D eigenvalue weighted by atomic mass is 32.2. The van der Waals surface area contributed by atoms with E-state index in [4.69, 9.17) is 0 Å². The summed E-state index contributed by atoms with van der Waals surface area (Å²) in [4.78, 5) is 15.5. The molecule has 1 fully saturated rings.